The van der Waals surface area contributed by atoms with Crippen molar-refractivity contribution in [3.8, 4) is 5.75 Å². The normalized spacial score (nSPS) is 10.2. The second-order valence-corrected chi connectivity index (χ2v) is 5.44. The van der Waals surface area contributed by atoms with E-state index in [-0.39, 0.29) is 5.97 Å². The molecule has 0 amide bonds. The van der Waals surface area contributed by atoms with E-state index < -0.39 is 0 Å². The van der Waals surface area contributed by atoms with Crippen molar-refractivity contribution in [2.75, 3.05) is 11.9 Å². The molecule has 24 heavy (non-hydrogen) atoms. The van der Waals surface area contributed by atoms with Crippen LogP contribution in [0.1, 0.15) is 15.9 Å². The van der Waals surface area contributed by atoms with E-state index in [2.05, 4.69) is 17.4 Å². The maximum Gasteiger partial charge on any atom is 0.343 e. The number of benzene rings is 3. The quantitative estimate of drug-likeness (QED) is 0.535. The van der Waals surface area contributed by atoms with Gasteiger partial charge in [0.1, 0.15) is 5.75 Å². The van der Waals surface area contributed by atoms with E-state index in [1.807, 2.05) is 48.5 Å². The molecule has 0 spiro atoms. The fraction of sp³-hybridized carbons (Fsp3) is 0.0952. The molecule has 1 N–H and O–H groups in total. The van der Waals surface area contributed by atoms with Gasteiger partial charge in [-0.1, -0.05) is 48.5 Å². The molecule has 0 aromatic heterocycles. The van der Waals surface area contributed by atoms with Crippen LogP contribution in [-0.2, 0) is 6.42 Å². The number of carbonyl (C=O) groups is 1. The lowest BCUT2D eigenvalue weighted by molar-refractivity contribution is 0.0735. The Morgan fingerprint density at radius 2 is 1.42 bits per heavy atom. The molecular formula is C21H19NO2. The molecule has 0 radical (unpaired) electrons. The van der Waals surface area contributed by atoms with Crippen molar-refractivity contribution in [3.05, 3.63) is 96.1 Å². The van der Waals surface area contributed by atoms with E-state index in [0.29, 0.717) is 11.3 Å². The first-order valence-corrected chi connectivity index (χ1v) is 7.96. The van der Waals surface area contributed by atoms with E-state index in [4.69, 9.17) is 4.74 Å². The van der Waals surface area contributed by atoms with E-state index >= 15 is 0 Å². The Kier molecular flexibility index (Phi) is 5.25. The molecule has 0 saturated carbocycles. The predicted molar refractivity (Wildman–Crippen MR) is 96.5 cm³/mol. The van der Waals surface area contributed by atoms with Gasteiger partial charge in [0.05, 0.1) is 5.56 Å². The molecule has 0 unspecified atom stereocenters. The minimum absolute atomic E-state index is 0.347. The fourth-order valence-corrected chi connectivity index (χ4v) is 2.38. The van der Waals surface area contributed by atoms with Crippen LogP contribution in [0, 0.1) is 0 Å². The summed E-state index contributed by atoms with van der Waals surface area (Å²) in [5, 5.41) is 3.36. The van der Waals surface area contributed by atoms with Gasteiger partial charge in [-0.2, -0.15) is 0 Å². The van der Waals surface area contributed by atoms with E-state index in [1.165, 1.54) is 5.56 Å². The van der Waals surface area contributed by atoms with Gasteiger partial charge in [-0.05, 0) is 48.4 Å². The van der Waals surface area contributed by atoms with Crippen LogP contribution in [-0.4, -0.2) is 12.5 Å². The van der Waals surface area contributed by atoms with Crippen molar-refractivity contribution >= 4 is 11.7 Å². The number of nitrogens with one attached hydrogen (secondary N) is 1. The van der Waals surface area contributed by atoms with E-state index in [1.54, 1.807) is 24.3 Å². The summed E-state index contributed by atoms with van der Waals surface area (Å²) >= 11 is 0. The van der Waals surface area contributed by atoms with Gasteiger partial charge >= 0.3 is 5.97 Å². The Balaban J connectivity index is 1.51. The Morgan fingerprint density at radius 1 is 0.792 bits per heavy atom. The van der Waals surface area contributed by atoms with Crippen LogP contribution in [0.25, 0.3) is 0 Å². The summed E-state index contributed by atoms with van der Waals surface area (Å²) in [7, 11) is 0. The van der Waals surface area contributed by atoms with Gasteiger partial charge in [-0.15, -0.1) is 0 Å². The van der Waals surface area contributed by atoms with Crippen molar-refractivity contribution in [3.63, 3.8) is 0 Å². The molecule has 0 aliphatic rings. The van der Waals surface area contributed by atoms with Gasteiger partial charge in [0.15, 0.2) is 0 Å². The molecule has 3 aromatic rings. The predicted octanol–water partition coefficient (Wildman–Crippen LogP) is 4.56. The lowest BCUT2D eigenvalue weighted by Crippen LogP contribution is -2.08. The average molecular weight is 317 g/mol. The average Bonchev–Trinajstić information content (AvgIpc) is 2.65. The molecular weight excluding hydrogens is 298 g/mol. The minimum Gasteiger partial charge on any atom is -0.423 e. The topological polar surface area (TPSA) is 38.3 Å². The first-order chi connectivity index (χ1) is 11.8. The van der Waals surface area contributed by atoms with Crippen molar-refractivity contribution in [2.24, 2.45) is 0 Å². The minimum atomic E-state index is -0.347. The summed E-state index contributed by atoms with van der Waals surface area (Å²) in [5.41, 5.74) is 2.85. The molecule has 0 saturated heterocycles. The van der Waals surface area contributed by atoms with E-state index in [9.17, 15) is 4.79 Å². The summed E-state index contributed by atoms with van der Waals surface area (Å²) in [6, 6.07) is 26.8. The number of hydrogen-bond donors (Lipinski definition) is 1. The number of carbonyl (C=O) groups excluding carboxylic acids is 1. The molecule has 0 fully saturated rings. The summed E-state index contributed by atoms with van der Waals surface area (Å²) in [4.78, 5) is 12.0. The number of rotatable bonds is 6. The highest BCUT2D eigenvalue weighted by Gasteiger charge is 2.07. The third-order valence-electron chi connectivity index (χ3n) is 3.66. The monoisotopic (exact) mass is 317 g/mol. The van der Waals surface area contributed by atoms with E-state index in [0.717, 1.165) is 18.7 Å². The second kappa shape index (κ2) is 7.97. The Labute approximate surface area is 141 Å². The maximum absolute atomic E-state index is 12.0. The van der Waals surface area contributed by atoms with Crippen LogP contribution in [0.15, 0.2) is 84.9 Å². The molecule has 0 atom stereocenters. The Hall–Kier alpha value is -3.07. The van der Waals surface area contributed by atoms with Crippen molar-refractivity contribution < 1.29 is 9.53 Å². The van der Waals surface area contributed by atoms with Gasteiger partial charge in [-0.25, -0.2) is 4.79 Å². The maximum atomic E-state index is 12.0. The highest BCUT2D eigenvalue weighted by Crippen LogP contribution is 2.17. The van der Waals surface area contributed by atoms with Gasteiger partial charge in [0.25, 0.3) is 0 Å². The number of anilines is 1. The van der Waals surface area contributed by atoms with Gasteiger partial charge in [-0.3, -0.25) is 0 Å². The molecule has 3 heteroatoms. The lowest BCUT2D eigenvalue weighted by Gasteiger charge is -2.08. The zero-order valence-electron chi connectivity index (χ0n) is 13.3. The van der Waals surface area contributed by atoms with Crippen LogP contribution in [0.4, 0.5) is 5.69 Å². The van der Waals surface area contributed by atoms with Crippen LogP contribution < -0.4 is 10.1 Å². The fourth-order valence-electron chi connectivity index (χ4n) is 2.38. The molecule has 0 heterocycles. The third-order valence-corrected chi connectivity index (χ3v) is 3.66. The number of ether oxygens (including phenoxy) is 1. The van der Waals surface area contributed by atoms with Crippen LogP contribution in [0.5, 0.6) is 5.75 Å². The van der Waals surface area contributed by atoms with Crippen molar-refractivity contribution in [1.82, 2.24) is 0 Å². The van der Waals surface area contributed by atoms with Crippen LogP contribution in [0.2, 0.25) is 0 Å². The SMILES string of the molecule is O=C(Oc1ccc(NCCc2ccccc2)cc1)c1ccccc1. The van der Waals surface area contributed by atoms with Crippen molar-refractivity contribution in [2.45, 2.75) is 6.42 Å². The summed E-state index contributed by atoms with van der Waals surface area (Å²) in [6.45, 7) is 0.854. The molecule has 0 aliphatic heterocycles. The standard InChI is InChI=1S/C21H19NO2/c23-21(18-9-5-2-6-10-18)24-20-13-11-19(12-14-20)22-16-15-17-7-3-1-4-8-17/h1-14,22H,15-16H2. The molecule has 3 rings (SSSR count). The van der Waals surface area contributed by atoms with Gasteiger partial charge < -0.3 is 10.1 Å². The molecule has 120 valence electrons. The van der Waals surface area contributed by atoms with Crippen molar-refractivity contribution in [1.29, 1.82) is 0 Å². The Morgan fingerprint density at radius 3 is 2.08 bits per heavy atom. The zero-order valence-corrected chi connectivity index (χ0v) is 13.3. The highest BCUT2D eigenvalue weighted by atomic mass is 16.5. The number of esters is 1. The first-order valence-electron chi connectivity index (χ1n) is 7.96. The van der Waals surface area contributed by atoms with Gasteiger partial charge in [0, 0.05) is 12.2 Å². The molecule has 3 nitrogen and oxygen atoms in total. The summed E-state index contributed by atoms with van der Waals surface area (Å²) < 4.78 is 5.36. The molecule has 0 bridgehead atoms. The largest absolute Gasteiger partial charge is 0.423 e. The molecule has 0 aliphatic carbocycles. The smallest absolute Gasteiger partial charge is 0.343 e. The third kappa shape index (κ3) is 4.46. The number of hydrogen-bond acceptors (Lipinski definition) is 3. The van der Waals surface area contributed by atoms with Gasteiger partial charge in [0.2, 0.25) is 0 Å². The highest BCUT2D eigenvalue weighted by molar-refractivity contribution is 5.90. The lowest BCUT2D eigenvalue weighted by atomic mass is 10.1. The zero-order chi connectivity index (χ0) is 16.6. The first kappa shape index (κ1) is 15.8. The van der Waals surface area contributed by atoms with Crippen LogP contribution in [0.3, 0.4) is 0 Å². The molecule has 3 aromatic carbocycles. The summed E-state index contributed by atoms with van der Waals surface area (Å²) in [5.74, 6) is 0.192. The van der Waals surface area contributed by atoms with Crippen LogP contribution >= 0.6 is 0 Å². The summed E-state index contributed by atoms with van der Waals surface area (Å²) in [6.07, 6.45) is 0.964. The second-order valence-electron chi connectivity index (χ2n) is 5.44. The Bertz CT molecular complexity index is 768.